The number of nitrogens with two attached hydrogens (primary N) is 1. The molecule has 5 nitrogen and oxygen atoms in total. The van der Waals surface area contributed by atoms with E-state index < -0.39 is 10.0 Å². The van der Waals surface area contributed by atoms with Gasteiger partial charge in [0.15, 0.2) is 0 Å². The number of ether oxygens (including phenoxy) is 1. The highest BCUT2D eigenvalue weighted by Crippen LogP contribution is 2.27. The van der Waals surface area contributed by atoms with Gasteiger partial charge in [0.25, 0.3) is 10.0 Å². The average molecular weight is 302 g/mol. The molecule has 0 saturated heterocycles. The fourth-order valence-corrected chi connectivity index (χ4v) is 3.04. The van der Waals surface area contributed by atoms with Crippen molar-refractivity contribution in [1.82, 2.24) is 0 Å². The summed E-state index contributed by atoms with van der Waals surface area (Å²) in [4.78, 5) is -0.0314. The minimum Gasteiger partial charge on any atom is -0.495 e. The summed E-state index contributed by atoms with van der Waals surface area (Å²) in [5, 5.41) is 0. The molecule has 0 radical (unpaired) electrons. The van der Waals surface area contributed by atoms with Gasteiger partial charge in [-0.15, -0.1) is 6.42 Å². The third kappa shape index (κ3) is 3.27. The monoisotopic (exact) mass is 302 g/mol. The fourth-order valence-electron chi connectivity index (χ4n) is 1.79. The van der Waals surface area contributed by atoms with Crippen LogP contribution in [0, 0.1) is 12.3 Å². The molecule has 0 aromatic heterocycles. The Morgan fingerprint density at radius 2 is 2.00 bits per heavy atom. The Hall–Kier alpha value is -2.65. The SMILES string of the molecule is C#Cc1cccc(NS(=O)(=O)c2cc(N)ccc2OC)c1. The van der Waals surface area contributed by atoms with Crippen molar-refractivity contribution in [2.24, 2.45) is 0 Å². The van der Waals surface area contributed by atoms with Crippen LogP contribution in [0.4, 0.5) is 11.4 Å². The van der Waals surface area contributed by atoms with E-state index in [1.54, 1.807) is 30.3 Å². The molecule has 0 saturated carbocycles. The van der Waals surface area contributed by atoms with Crippen LogP contribution in [-0.2, 0) is 10.0 Å². The Morgan fingerprint density at radius 3 is 2.67 bits per heavy atom. The second kappa shape index (κ2) is 5.77. The van der Waals surface area contributed by atoms with Crippen LogP contribution in [0.2, 0.25) is 0 Å². The second-order valence-electron chi connectivity index (χ2n) is 4.24. The standard InChI is InChI=1S/C15H14N2O3S/c1-3-11-5-4-6-13(9-11)17-21(18,19)15-10-12(16)7-8-14(15)20-2/h1,4-10,17H,16H2,2H3. The number of hydrogen-bond acceptors (Lipinski definition) is 4. The average Bonchev–Trinajstić information content (AvgIpc) is 2.47. The van der Waals surface area contributed by atoms with Gasteiger partial charge in [0, 0.05) is 11.3 Å². The summed E-state index contributed by atoms with van der Waals surface area (Å²) >= 11 is 0. The molecule has 2 rings (SSSR count). The minimum atomic E-state index is -3.83. The lowest BCUT2D eigenvalue weighted by Crippen LogP contribution is -2.14. The fraction of sp³-hybridized carbons (Fsp3) is 0.0667. The molecule has 2 aromatic rings. The van der Waals surface area contributed by atoms with Crippen LogP contribution in [0.3, 0.4) is 0 Å². The highest BCUT2D eigenvalue weighted by Gasteiger charge is 2.20. The Kier molecular flexibility index (Phi) is 4.05. The largest absolute Gasteiger partial charge is 0.495 e. The van der Waals surface area contributed by atoms with Crippen molar-refractivity contribution < 1.29 is 13.2 Å². The van der Waals surface area contributed by atoms with Crippen LogP contribution in [0.25, 0.3) is 0 Å². The lowest BCUT2D eigenvalue weighted by molar-refractivity contribution is 0.403. The van der Waals surface area contributed by atoms with E-state index in [4.69, 9.17) is 16.9 Å². The van der Waals surface area contributed by atoms with Gasteiger partial charge >= 0.3 is 0 Å². The van der Waals surface area contributed by atoms with Crippen LogP contribution in [0.1, 0.15) is 5.56 Å². The maximum Gasteiger partial charge on any atom is 0.265 e. The van der Waals surface area contributed by atoms with E-state index in [0.29, 0.717) is 16.9 Å². The molecular formula is C15H14N2O3S. The number of benzene rings is 2. The molecule has 21 heavy (non-hydrogen) atoms. The summed E-state index contributed by atoms with van der Waals surface area (Å²) in [6, 6.07) is 11.0. The topological polar surface area (TPSA) is 81.4 Å². The van der Waals surface area contributed by atoms with Crippen molar-refractivity contribution in [3.8, 4) is 18.1 Å². The molecule has 2 aromatic carbocycles. The van der Waals surface area contributed by atoms with Gasteiger partial charge < -0.3 is 10.5 Å². The van der Waals surface area contributed by atoms with Crippen molar-refractivity contribution in [2.45, 2.75) is 4.90 Å². The van der Waals surface area contributed by atoms with Crippen molar-refractivity contribution in [3.63, 3.8) is 0 Å². The Balaban J connectivity index is 2.43. The number of nitrogens with one attached hydrogen (secondary N) is 1. The number of anilines is 2. The highest BCUT2D eigenvalue weighted by molar-refractivity contribution is 7.92. The van der Waals surface area contributed by atoms with E-state index in [1.165, 1.54) is 19.2 Å². The molecular weight excluding hydrogens is 288 g/mol. The Morgan fingerprint density at radius 1 is 1.24 bits per heavy atom. The summed E-state index contributed by atoms with van der Waals surface area (Å²) in [6.45, 7) is 0. The van der Waals surface area contributed by atoms with Crippen LogP contribution in [0.5, 0.6) is 5.75 Å². The van der Waals surface area contributed by atoms with Crippen molar-refractivity contribution >= 4 is 21.4 Å². The maximum atomic E-state index is 12.4. The molecule has 0 heterocycles. The third-order valence-corrected chi connectivity index (χ3v) is 4.16. The summed E-state index contributed by atoms with van der Waals surface area (Å²) in [6.07, 6.45) is 5.30. The third-order valence-electron chi connectivity index (χ3n) is 2.76. The number of rotatable bonds is 4. The number of sulfonamides is 1. The van der Waals surface area contributed by atoms with Gasteiger partial charge in [-0.25, -0.2) is 8.42 Å². The molecule has 6 heteroatoms. The summed E-state index contributed by atoms with van der Waals surface area (Å²) in [5.74, 6) is 2.66. The predicted molar refractivity (Wildman–Crippen MR) is 82.6 cm³/mol. The van der Waals surface area contributed by atoms with Crippen molar-refractivity contribution in [3.05, 3.63) is 48.0 Å². The van der Waals surface area contributed by atoms with E-state index in [9.17, 15) is 8.42 Å². The molecule has 0 fully saturated rings. The van der Waals surface area contributed by atoms with Crippen molar-refractivity contribution in [2.75, 3.05) is 17.6 Å². The summed E-state index contributed by atoms with van der Waals surface area (Å²) < 4.78 is 32.4. The molecule has 0 bridgehead atoms. The van der Waals surface area contributed by atoms with Gasteiger partial charge in [0.1, 0.15) is 10.6 Å². The van der Waals surface area contributed by atoms with Crippen molar-refractivity contribution in [1.29, 1.82) is 0 Å². The molecule has 0 spiro atoms. The van der Waals surface area contributed by atoms with Gasteiger partial charge in [-0.3, -0.25) is 4.72 Å². The van der Waals surface area contributed by atoms with Gasteiger partial charge in [-0.1, -0.05) is 12.0 Å². The molecule has 0 amide bonds. The molecule has 0 aliphatic carbocycles. The zero-order valence-corrected chi connectivity index (χ0v) is 12.1. The number of methoxy groups -OCH3 is 1. The predicted octanol–water partition coefficient (Wildman–Crippen LogP) is 2.06. The second-order valence-corrected chi connectivity index (χ2v) is 5.89. The van der Waals surface area contributed by atoms with Gasteiger partial charge in [0.05, 0.1) is 12.8 Å². The smallest absolute Gasteiger partial charge is 0.265 e. The zero-order valence-electron chi connectivity index (χ0n) is 11.3. The first-order valence-corrected chi connectivity index (χ1v) is 7.47. The quantitative estimate of drug-likeness (QED) is 0.669. The van der Waals surface area contributed by atoms with E-state index in [2.05, 4.69) is 10.6 Å². The number of hydrogen-bond donors (Lipinski definition) is 2. The first kappa shape index (κ1) is 14.8. The Labute approximate surface area is 123 Å². The van der Waals surface area contributed by atoms with Gasteiger partial charge in [-0.05, 0) is 36.4 Å². The summed E-state index contributed by atoms with van der Waals surface area (Å²) in [7, 11) is -2.43. The van der Waals surface area contributed by atoms with Crippen LogP contribution in [0.15, 0.2) is 47.4 Å². The molecule has 3 N–H and O–H groups in total. The van der Waals surface area contributed by atoms with Crippen LogP contribution < -0.4 is 15.2 Å². The highest BCUT2D eigenvalue weighted by atomic mass is 32.2. The Bertz CT molecular complexity index is 808. The van der Waals surface area contributed by atoms with E-state index in [-0.39, 0.29) is 10.6 Å². The molecule has 0 aliphatic rings. The van der Waals surface area contributed by atoms with E-state index in [1.807, 2.05) is 0 Å². The van der Waals surface area contributed by atoms with Crippen LogP contribution >= 0.6 is 0 Å². The first-order valence-electron chi connectivity index (χ1n) is 5.99. The normalized spacial score (nSPS) is 10.7. The zero-order chi connectivity index (χ0) is 15.5. The van der Waals surface area contributed by atoms with E-state index >= 15 is 0 Å². The minimum absolute atomic E-state index is 0.0314. The lowest BCUT2D eigenvalue weighted by Gasteiger charge is -2.12. The molecule has 108 valence electrons. The molecule has 0 aliphatic heterocycles. The maximum absolute atomic E-state index is 12.4. The van der Waals surface area contributed by atoms with Gasteiger partial charge in [0.2, 0.25) is 0 Å². The lowest BCUT2D eigenvalue weighted by atomic mass is 10.2. The molecule has 0 unspecified atom stereocenters. The summed E-state index contributed by atoms with van der Waals surface area (Å²) in [5.41, 5.74) is 6.92. The number of terminal acetylenes is 1. The van der Waals surface area contributed by atoms with E-state index in [0.717, 1.165) is 0 Å². The number of nitrogen functional groups attached to an aromatic ring is 1. The van der Waals surface area contributed by atoms with Crippen LogP contribution in [-0.4, -0.2) is 15.5 Å². The first-order chi connectivity index (χ1) is 9.96. The molecule has 0 atom stereocenters. The van der Waals surface area contributed by atoms with Gasteiger partial charge in [-0.2, -0.15) is 0 Å².